The topological polar surface area (TPSA) is 46.5 Å². The summed E-state index contributed by atoms with van der Waals surface area (Å²) in [5, 5.41) is 8.85. The van der Waals surface area contributed by atoms with Crippen molar-refractivity contribution in [3.8, 4) is 5.75 Å². The summed E-state index contributed by atoms with van der Waals surface area (Å²) < 4.78 is 5.43. The molecule has 0 radical (unpaired) electrons. The molecule has 1 aromatic carbocycles. The third-order valence-electron chi connectivity index (χ3n) is 2.08. The van der Waals surface area contributed by atoms with Gasteiger partial charge in [0.15, 0.2) is 0 Å². The lowest BCUT2D eigenvalue weighted by Crippen LogP contribution is -2.02. The molecular formula is C12H13ClO3. The summed E-state index contributed by atoms with van der Waals surface area (Å²) in [5.74, 6) is -0.291. The van der Waals surface area contributed by atoms with E-state index < -0.39 is 5.97 Å². The fraction of sp³-hybridized carbons (Fsp3) is 0.250. The van der Waals surface area contributed by atoms with Crippen molar-refractivity contribution in [1.82, 2.24) is 0 Å². The summed E-state index contributed by atoms with van der Waals surface area (Å²) in [6.07, 6.45) is 0. The van der Waals surface area contributed by atoms with Crippen molar-refractivity contribution in [2.24, 2.45) is 0 Å². The number of carboxylic acids is 1. The number of ether oxygens (including phenoxy) is 1. The lowest BCUT2D eigenvalue weighted by atomic mass is 10.1. The van der Waals surface area contributed by atoms with Gasteiger partial charge < -0.3 is 9.84 Å². The molecular weight excluding hydrogens is 228 g/mol. The van der Waals surface area contributed by atoms with E-state index in [1.165, 1.54) is 11.6 Å². The van der Waals surface area contributed by atoms with Crippen LogP contribution in [0.1, 0.15) is 22.8 Å². The van der Waals surface area contributed by atoms with Crippen LogP contribution in [-0.4, -0.2) is 17.7 Å². The minimum Gasteiger partial charge on any atom is -0.489 e. The van der Waals surface area contributed by atoms with Crippen LogP contribution < -0.4 is 4.74 Å². The van der Waals surface area contributed by atoms with Crippen LogP contribution in [0.2, 0.25) is 0 Å². The molecule has 4 heteroatoms. The van der Waals surface area contributed by atoms with Crippen LogP contribution >= 0.6 is 11.6 Å². The number of carboxylic acid groups (broad SMARTS) is 1. The van der Waals surface area contributed by atoms with E-state index in [0.29, 0.717) is 17.9 Å². The molecule has 1 N–H and O–H groups in total. The van der Waals surface area contributed by atoms with Gasteiger partial charge in [-0.1, -0.05) is 11.6 Å². The Kier molecular flexibility index (Phi) is 4.38. The quantitative estimate of drug-likeness (QED) is 0.879. The van der Waals surface area contributed by atoms with Gasteiger partial charge >= 0.3 is 5.97 Å². The zero-order valence-corrected chi connectivity index (χ0v) is 9.91. The van der Waals surface area contributed by atoms with Gasteiger partial charge in [0.1, 0.15) is 12.4 Å². The Morgan fingerprint density at radius 3 is 2.75 bits per heavy atom. The second-order valence-electron chi connectivity index (χ2n) is 3.53. The first-order chi connectivity index (χ1) is 7.54. The van der Waals surface area contributed by atoms with E-state index in [9.17, 15) is 4.79 Å². The Morgan fingerprint density at radius 2 is 2.25 bits per heavy atom. The normalized spacial score (nSPS) is 11.3. The van der Waals surface area contributed by atoms with Gasteiger partial charge in [-0.05, 0) is 43.2 Å². The Morgan fingerprint density at radius 1 is 1.56 bits per heavy atom. The first kappa shape index (κ1) is 12.6. The van der Waals surface area contributed by atoms with Crippen molar-refractivity contribution in [2.45, 2.75) is 13.8 Å². The predicted octanol–water partition coefficient (Wildman–Crippen LogP) is 3.21. The van der Waals surface area contributed by atoms with Crippen LogP contribution in [0.25, 0.3) is 0 Å². The summed E-state index contributed by atoms with van der Waals surface area (Å²) >= 11 is 5.50. The Balaban J connectivity index is 2.78. The maximum Gasteiger partial charge on any atom is 0.335 e. The van der Waals surface area contributed by atoms with Gasteiger partial charge in [0.25, 0.3) is 0 Å². The maximum atomic E-state index is 10.8. The third kappa shape index (κ3) is 3.28. The van der Waals surface area contributed by atoms with E-state index in [4.69, 9.17) is 21.4 Å². The lowest BCUT2D eigenvalue weighted by Gasteiger charge is -2.08. The van der Waals surface area contributed by atoms with E-state index in [0.717, 1.165) is 5.57 Å². The summed E-state index contributed by atoms with van der Waals surface area (Å²) in [6.45, 7) is 3.99. The fourth-order valence-electron chi connectivity index (χ4n) is 1.19. The highest BCUT2D eigenvalue weighted by Crippen LogP contribution is 2.17. The lowest BCUT2D eigenvalue weighted by molar-refractivity contribution is 0.0696. The van der Waals surface area contributed by atoms with E-state index in [1.54, 1.807) is 19.1 Å². The summed E-state index contributed by atoms with van der Waals surface area (Å²) in [6, 6.07) is 4.87. The van der Waals surface area contributed by atoms with Crippen molar-refractivity contribution < 1.29 is 14.6 Å². The van der Waals surface area contributed by atoms with Crippen molar-refractivity contribution >= 4 is 17.6 Å². The zero-order chi connectivity index (χ0) is 12.1. The highest BCUT2D eigenvalue weighted by atomic mass is 35.5. The molecule has 0 aliphatic rings. The molecule has 86 valence electrons. The number of benzene rings is 1. The first-order valence-corrected chi connectivity index (χ1v) is 5.21. The van der Waals surface area contributed by atoms with Crippen molar-refractivity contribution in [2.75, 3.05) is 6.61 Å². The fourth-order valence-corrected chi connectivity index (χ4v) is 1.26. The average molecular weight is 241 g/mol. The number of hydrogen-bond donors (Lipinski definition) is 1. The van der Waals surface area contributed by atoms with Crippen molar-refractivity contribution in [1.29, 1.82) is 0 Å². The molecule has 0 aromatic heterocycles. The number of hydrogen-bond acceptors (Lipinski definition) is 2. The van der Waals surface area contributed by atoms with E-state index in [-0.39, 0.29) is 5.56 Å². The van der Waals surface area contributed by atoms with Gasteiger partial charge in [0.2, 0.25) is 0 Å². The van der Waals surface area contributed by atoms with Crippen LogP contribution in [0.4, 0.5) is 0 Å². The first-order valence-electron chi connectivity index (χ1n) is 4.77. The van der Waals surface area contributed by atoms with E-state index in [2.05, 4.69) is 0 Å². The molecule has 16 heavy (non-hydrogen) atoms. The number of aryl methyl sites for hydroxylation is 1. The number of halogens is 1. The number of carbonyl (C=O) groups is 1. The molecule has 0 amide bonds. The Bertz CT molecular complexity index is 424. The van der Waals surface area contributed by atoms with Gasteiger partial charge in [0, 0.05) is 5.54 Å². The Labute approximate surface area is 99.3 Å². The second kappa shape index (κ2) is 5.56. The minimum absolute atomic E-state index is 0.289. The van der Waals surface area contributed by atoms with E-state index in [1.807, 2.05) is 6.92 Å². The third-order valence-corrected chi connectivity index (χ3v) is 2.45. The van der Waals surface area contributed by atoms with Gasteiger partial charge in [-0.25, -0.2) is 4.79 Å². The van der Waals surface area contributed by atoms with Gasteiger partial charge in [-0.2, -0.15) is 0 Å². The molecule has 0 fully saturated rings. The highest BCUT2D eigenvalue weighted by molar-refractivity contribution is 6.25. The van der Waals surface area contributed by atoms with Crippen LogP contribution in [0.3, 0.4) is 0 Å². The minimum atomic E-state index is -0.930. The molecule has 0 heterocycles. The van der Waals surface area contributed by atoms with Gasteiger partial charge in [0.05, 0.1) is 5.56 Å². The largest absolute Gasteiger partial charge is 0.489 e. The number of rotatable bonds is 4. The smallest absolute Gasteiger partial charge is 0.335 e. The van der Waals surface area contributed by atoms with Gasteiger partial charge in [-0.3, -0.25) is 0 Å². The second-order valence-corrected chi connectivity index (χ2v) is 3.74. The monoisotopic (exact) mass is 240 g/mol. The van der Waals surface area contributed by atoms with Crippen LogP contribution in [0, 0.1) is 6.92 Å². The summed E-state index contributed by atoms with van der Waals surface area (Å²) in [5.41, 5.74) is 3.33. The zero-order valence-electron chi connectivity index (χ0n) is 9.16. The van der Waals surface area contributed by atoms with Crippen LogP contribution in [-0.2, 0) is 0 Å². The Hall–Kier alpha value is -1.48. The molecule has 3 nitrogen and oxygen atoms in total. The molecule has 0 unspecified atom stereocenters. The SMILES string of the molecule is C/C(=C/Cl)COc1ccc(C(=O)O)c(C)c1. The average Bonchev–Trinajstić information content (AvgIpc) is 2.25. The molecule has 0 aliphatic carbocycles. The predicted molar refractivity (Wildman–Crippen MR) is 63.2 cm³/mol. The number of aromatic carboxylic acids is 1. The van der Waals surface area contributed by atoms with Crippen molar-refractivity contribution in [3.63, 3.8) is 0 Å². The maximum absolute atomic E-state index is 10.8. The standard InChI is InChI=1S/C12H13ClO3/c1-8(6-13)7-16-10-3-4-11(12(14)15)9(2)5-10/h3-6H,7H2,1-2H3,(H,14,15)/b8-6-. The molecule has 0 atom stereocenters. The summed E-state index contributed by atoms with van der Waals surface area (Å²) in [7, 11) is 0. The van der Waals surface area contributed by atoms with Crippen molar-refractivity contribution in [3.05, 3.63) is 40.4 Å². The van der Waals surface area contributed by atoms with Crippen LogP contribution in [0.5, 0.6) is 5.75 Å². The molecule has 1 rings (SSSR count). The highest BCUT2D eigenvalue weighted by Gasteiger charge is 2.07. The molecule has 0 saturated heterocycles. The van der Waals surface area contributed by atoms with E-state index >= 15 is 0 Å². The molecule has 0 aliphatic heterocycles. The molecule has 1 aromatic rings. The van der Waals surface area contributed by atoms with Gasteiger partial charge in [-0.15, -0.1) is 0 Å². The molecule has 0 bridgehead atoms. The molecule has 0 saturated carbocycles. The van der Waals surface area contributed by atoms with Crippen LogP contribution in [0.15, 0.2) is 29.3 Å². The molecule has 0 spiro atoms. The summed E-state index contributed by atoms with van der Waals surface area (Å²) in [4.78, 5) is 10.8.